The second kappa shape index (κ2) is 6.49. The highest BCUT2D eigenvalue weighted by atomic mass is 16.5. The second-order valence-corrected chi connectivity index (χ2v) is 5.45. The number of phenols is 1. The normalized spacial score (nSPS) is 17.3. The Bertz CT molecular complexity index is 555. The van der Waals surface area contributed by atoms with E-state index >= 15 is 0 Å². The van der Waals surface area contributed by atoms with Gasteiger partial charge in [0.15, 0.2) is 11.5 Å². The van der Waals surface area contributed by atoms with E-state index in [9.17, 15) is 15.2 Å². The van der Waals surface area contributed by atoms with Crippen molar-refractivity contribution in [3.63, 3.8) is 0 Å². The molecule has 1 fully saturated rings. The van der Waals surface area contributed by atoms with Crippen molar-refractivity contribution in [2.45, 2.75) is 44.1 Å². The summed E-state index contributed by atoms with van der Waals surface area (Å²) in [4.78, 5) is 12.3. The zero-order valence-corrected chi connectivity index (χ0v) is 12.2. The molecule has 112 valence electrons. The van der Waals surface area contributed by atoms with Crippen LogP contribution in [0.3, 0.4) is 0 Å². The maximum absolute atomic E-state index is 12.3. The van der Waals surface area contributed by atoms with E-state index in [1.807, 2.05) is 0 Å². The van der Waals surface area contributed by atoms with E-state index in [0.717, 1.165) is 25.7 Å². The minimum absolute atomic E-state index is 0.0861. The van der Waals surface area contributed by atoms with Crippen LogP contribution in [0, 0.1) is 11.3 Å². The number of carbonyl (C=O) groups is 1. The lowest BCUT2D eigenvalue weighted by Crippen LogP contribution is -2.47. The predicted molar refractivity (Wildman–Crippen MR) is 78.2 cm³/mol. The van der Waals surface area contributed by atoms with Gasteiger partial charge in [0.05, 0.1) is 13.2 Å². The van der Waals surface area contributed by atoms with Crippen LogP contribution in [-0.2, 0) is 0 Å². The highest BCUT2D eigenvalue weighted by Crippen LogP contribution is 2.29. The molecule has 0 atom stereocenters. The average molecular weight is 288 g/mol. The number of nitriles is 1. The number of aromatic hydroxyl groups is 1. The molecule has 2 rings (SSSR count). The van der Waals surface area contributed by atoms with Crippen molar-refractivity contribution in [1.29, 1.82) is 5.26 Å². The largest absolute Gasteiger partial charge is 0.504 e. The molecule has 2 N–H and O–H groups in total. The Morgan fingerprint density at radius 1 is 1.33 bits per heavy atom. The summed E-state index contributed by atoms with van der Waals surface area (Å²) in [6.45, 7) is 0. The standard InChI is InChI=1S/C16H20N2O3/c1-21-14-7-6-12(10-13(14)19)15(20)18-16(11-17)8-4-2-3-5-9-16/h6-7,10,19H,2-5,8-9H2,1H3,(H,18,20). The zero-order chi connectivity index (χ0) is 15.3. The van der Waals surface area contributed by atoms with Crippen LogP contribution in [0.1, 0.15) is 48.9 Å². The average Bonchev–Trinajstić information content (AvgIpc) is 2.73. The number of amides is 1. The van der Waals surface area contributed by atoms with E-state index in [-0.39, 0.29) is 11.7 Å². The number of nitrogens with zero attached hydrogens (tertiary/aromatic N) is 1. The maximum atomic E-state index is 12.3. The van der Waals surface area contributed by atoms with E-state index in [2.05, 4.69) is 11.4 Å². The van der Waals surface area contributed by atoms with Crippen molar-refractivity contribution in [1.82, 2.24) is 5.32 Å². The summed E-state index contributed by atoms with van der Waals surface area (Å²) in [6, 6.07) is 6.75. The molecule has 0 saturated heterocycles. The Hall–Kier alpha value is -2.22. The summed E-state index contributed by atoms with van der Waals surface area (Å²) in [6.07, 6.45) is 5.45. The van der Waals surface area contributed by atoms with Crippen molar-refractivity contribution in [3.8, 4) is 17.6 Å². The summed E-state index contributed by atoms with van der Waals surface area (Å²) in [5.74, 6) is -0.107. The predicted octanol–water partition coefficient (Wildman–Crippen LogP) is 2.75. The molecule has 0 aliphatic heterocycles. The number of rotatable bonds is 3. The number of hydrogen-bond donors (Lipinski definition) is 2. The Morgan fingerprint density at radius 3 is 2.52 bits per heavy atom. The summed E-state index contributed by atoms with van der Waals surface area (Å²) in [7, 11) is 1.45. The van der Waals surface area contributed by atoms with Crippen molar-refractivity contribution in [2.24, 2.45) is 0 Å². The van der Waals surface area contributed by atoms with Crippen molar-refractivity contribution < 1.29 is 14.6 Å². The van der Waals surface area contributed by atoms with Crippen LogP contribution in [0.2, 0.25) is 0 Å². The third kappa shape index (κ3) is 3.46. The van der Waals surface area contributed by atoms with Crippen LogP contribution in [0.5, 0.6) is 11.5 Å². The van der Waals surface area contributed by atoms with E-state index in [4.69, 9.17) is 4.74 Å². The number of benzene rings is 1. The number of methoxy groups -OCH3 is 1. The molecule has 21 heavy (non-hydrogen) atoms. The van der Waals surface area contributed by atoms with Crippen LogP contribution in [-0.4, -0.2) is 23.7 Å². The van der Waals surface area contributed by atoms with Gasteiger partial charge >= 0.3 is 0 Å². The Balaban J connectivity index is 2.16. The molecule has 0 spiro atoms. The smallest absolute Gasteiger partial charge is 0.252 e. The number of ether oxygens (including phenoxy) is 1. The lowest BCUT2D eigenvalue weighted by molar-refractivity contribution is 0.0912. The fraction of sp³-hybridized carbons (Fsp3) is 0.500. The van der Waals surface area contributed by atoms with E-state index in [1.54, 1.807) is 6.07 Å². The van der Waals surface area contributed by atoms with Crippen LogP contribution in [0.25, 0.3) is 0 Å². The maximum Gasteiger partial charge on any atom is 0.252 e. The molecular weight excluding hydrogens is 268 g/mol. The van der Waals surface area contributed by atoms with E-state index in [1.165, 1.54) is 19.2 Å². The fourth-order valence-electron chi connectivity index (χ4n) is 2.72. The fourth-order valence-corrected chi connectivity index (χ4v) is 2.72. The van der Waals surface area contributed by atoms with Crippen molar-refractivity contribution in [3.05, 3.63) is 23.8 Å². The minimum atomic E-state index is -0.789. The van der Waals surface area contributed by atoms with Crippen molar-refractivity contribution >= 4 is 5.91 Å². The first kappa shape index (κ1) is 15.2. The van der Waals surface area contributed by atoms with Gasteiger partial charge in [-0.05, 0) is 31.0 Å². The van der Waals surface area contributed by atoms with Gasteiger partial charge in [0, 0.05) is 5.56 Å². The van der Waals surface area contributed by atoms with Gasteiger partial charge in [0.1, 0.15) is 5.54 Å². The van der Waals surface area contributed by atoms with Gasteiger partial charge < -0.3 is 15.2 Å². The molecule has 0 bridgehead atoms. The van der Waals surface area contributed by atoms with E-state index in [0.29, 0.717) is 24.2 Å². The number of nitrogens with one attached hydrogen (secondary N) is 1. The molecule has 0 radical (unpaired) electrons. The number of hydrogen-bond acceptors (Lipinski definition) is 4. The topological polar surface area (TPSA) is 82.3 Å². The molecule has 1 amide bonds. The molecule has 0 unspecified atom stereocenters. The lowest BCUT2D eigenvalue weighted by Gasteiger charge is -2.26. The minimum Gasteiger partial charge on any atom is -0.504 e. The summed E-state index contributed by atoms with van der Waals surface area (Å²) < 4.78 is 4.95. The molecule has 0 heterocycles. The molecule has 1 saturated carbocycles. The third-order valence-corrected chi connectivity index (χ3v) is 3.96. The highest BCUT2D eigenvalue weighted by Gasteiger charge is 2.32. The number of phenolic OH excluding ortho intramolecular Hbond substituents is 1. The highest BCUT2D eigenvalue weighted by molar-refractivity contribution is 5.95. The van der Waals surface area contributed by atoms with Crippen LogP contribution >= 0.6 is 0 Å². The summed E-state index contributed by atoms with van der Waals surface area (Å²) in [5, 5.41) is 22.1. The first-order valence-corrected chi connectivity index (χ1v) is 7.21. The first-order chi connectivity index (χ1) is 10.1. The van der Waals surface area contributed by atoms with Gasteiger partial charge in [-0.15, -0.1) is 0 Å². The van der Waals surface area contributed by atoms with Gasteiger partial charge in [-0.25, -0.2) is 0 Å². The zero-order valence-electron chi connectivity index (χ0n) is 12.2. The summed E-state index contributed by atoms with van der Waals surface area (Å²) >= 11 is 0. The Morgan fingerprint density at radius 2 is 2.00 bits per heavy atom. The van der Waals surface area contributed by atoms with Gasteiger partial charge in [-0.1, -0.05) is 25.7 Å². The van der Waals surface area contributed by atoms with Gasteiger partial charge in [0.2, 0.25) is 0 Å². The Labute approximate surface area is 124 Å². The van der Waals surface area contributed by atoms with Crippen LogP contribution in [0.15, 0.2) is 18.2 Å². The number of carbonyl (C=O) groups excluding carboxylic acids is 1. The molecule has 1 aromatic rings. The SMILES string of the molecule is COc1ccc(C(=O)NC2(C#N)CCCCCC2)cc1O. The third-order valence-electron chi connectivity index (χ3n) is 3.96. The lowest BCUT2D eigenvalue weighted by atomic mass is 9.91. The molecule has 5 heteroatoms. The monoisotopic (exact) mass is 288 g/mol. The van der Waals surface area contributed by atoms with Gasteiger partial charge in [0.25, 0.3) is 5.91 Å². The van der Waals surface area contributed by atoms with Crippen molar-refractivity contribution in [2.75, 3.05) is 7.11 Å². The molecule has 1 aliphatic rings. The quantitative estimate of drug-likeness (QED) is 0.838. The van der Waals surface area contributed by atoms with Gasteiger partial charge in [-0.3, -0.25) is 4.79 Å². The van der Waals surface area contributed by atoms with Gasteiger partial charge in [-0.2, -0.15) is 5.26 Å². The molecule has 5 nitrogen and oxygen atoms in total. The van der Waals surface area contributed by atoms with Crippen LogP contribution in [0.4, 0.5) is 0 Å². The summed E-state index contributed by atoms with van der Waals surface area (Å²) in [5.41, 5.74) is -0.462. The van der Waals surface area contributed by atoms with E-state index < -0.39 is 5.54 Å². The Kier molecular flexibility index (Phi) is 4.69. The first-order valence-electron chi connectivity index (χ1n) is 7.21. The second-order valence-electron chi connectivity index (χ2n) is 5.45. The molecule has 0 aromatic heterocycles. The molecule has 1 aromatic carbocycles. The van der Waals surface area contributed by atoms with Crippen LogP contribution < -0.4 is 10.1 Å². The molecular formula is C16H20N2O3. The molecule has 1 aliphatic carbocycles.